The van der Waals surface area contributed by atoms with Crippen LogP contribution in [0.5, 0.6) is 0 Å². The number of benzene rings is 1. The molecule has 0 bridgehead atoms. The van der Waals surface area contributed by atoms with Crippen molar-refractivity contribution in [3.05, 3.63) is 85.1 Å². The third kappa shape index (κ3) is 2.92. The molecule has 4 nitrogen and oxygen atoms in total. The van der Waals surface area contributed by atoms with Gasteiger partial charge in [0, 0.05) is 48.7 Å². The molecule has 0 saturated heterocycles. The van der Waals surface area contributed by atoms with Gasteiger partial charge in [-0.1, -0.05) is 30.3 Å². The Labute approximate surface area is 134 Å². The van der Waals surface area contributed by atoms with Crippen LogP contribution in [0, 0.1) is 0 Å². The van der Waals surface area contributed by atoms with Crippen LogP contribution in [0.2, 0.25) is 0 Å². The molecule has 0 aliphatic heterocycles. The Bertz CT molecular complexity index is 928. The van der Waals surface area contributed by atoms with Gasteiger partial charge in [0.1, 0.15) is 5.65 Å². The van der Waals surface area contributed by atoms with Crippen LogP contribution in [0.15, 0.2) is 79.5 Å². The molecule has 4 rings (SSSR count). The summed E-state index contributed by atoms with van der Waals surface area (Å²) in [5, 5.41) is 3.42. The topological polar surface area (TPSA) is 42.2 Å². The van der Waals surface area contributed by atoms with Crippen LogP contribution in [0.4, 0.5) is 5.69 Å². The smallest absolute Gasteiger partial charge is 0.136 e. The second kappa shape index (κ2) is 5.93. The van der Waals surface area contributed by atoms with Gasteiger partial charge < -0.3 is 9.72 Å². The van der Waals surface area contributed by atoms with E-state index in [-0.39, 0.29) is 0 Å². The first-order valence-electron chi connectivity index (χ1n) is 7.54. The summed E-state index contributed by atoms with van der Waals surface area (Å²) in [7, 11) is 0. The maximum atomic E-state index is 4.35. The van der Waals surface area contributed by atoms with Crippen molar-refractivity contribution in [3.63, 3.8) is 0 Å². The van der Waals surface area contributed by atoms with Crippen molar-refractivity contribution < 1.29 is 0 Å². The van der Waals surface area contributed by atoms with E-state index in [0.717, 1.165) is 29.0 Å². The Hall–Kier alpha value is -3.14. The summed E-state index contributed by atoms with van der Waals surface area (Å²) in [4.78, 5) is 8.62. The quantitative estimate of drug-likeness (QED) is 0.619. The van der Waals surface area contributed by atoms with Crippen LogP contribution >= 0.6 is 0 Å². The Kier molecular flexibility index (Phi) is 3.48. The second-order valence-corrected chi connectivity index (χ2v) is 5.41. The van der Waals surface area contributed by atoms with Gasteiger partial charge >= 0.3 is 0 Å². The van der Waals surface area contributed by atoms with Crippen LogP contribution in [-0.4, -0.2) is 14.4 Å². The molecule has 0 aliphatic rings. The highest BCUT2D eigenvalue weighted by molar-refractivity contribution is 5.67. The highest BCUT2D eigenvalue weighted by atomic mass is 15.0. The van der Waals surface area contributed by atoms with Gasteiger partial charge in [0.15, 0.2) is 0 Å². The van der Waals surface area contributed by atoms with Crippen molar-refractivity contribution >= 4 is 11.3 Å². The van der Waals surface area contributed by atoms with Crippen LogP contribution in [0.1, 0.15) is 5.56 Å². The predicted octanol–water partition coefficient (Wildman–Crippen LogP) is 4.01. The molecule has 3 heterocycles. The molecule has 0 radical (unpaired) electrons. The van der Waals surface area contributed by atoms with Gasteiger partial charge in [0.25, 0.3) is 0 Å². The van der Waals surface area contributed by atoms with Crippen molar-refractivity contribution in [3.8, 4) is 11.1 Å². The Morgan fingerprint density at radius 1 is 0.957 bits per heavy atom. The van der Waals surface area contributed by atoms with E-state index >= 15 is 0 Å². The number of fused-ring (bicyclic) bond motifs is 1. The maximum absolute atomic E-state index is 4.35. The first-order valence-corrected chi connectivity index (χ1v) is 7.54. The SMILES string of the molecule is c1ccc(CNc2cncc(-c3ccc4nccn4c3)c2)cc1. The van der Waals surface area contributed by atoms with Gasteiger partial charge in [-0.05, 0) is 23.8 Å². The normalized spacial score (nSPS) is 10.8. The summed E-state index contributed by atoms with van der Waals surface area (Å²) in [6.45, 7) is 0.784. The fourth-order valence-corrected chi connectivity index (χ4v) is 2.59. The first-order chi connectivity index (χ1) is 11.4. The Morgan fingerprint density at radius 2 is 1.87 bits per heavy atom. The lowest BCUT2D eigenvalue weighted by Crippen LogP contribution is -1.99. The summed E-state index contributed by atoms with van der Waals surface area (Å²) in [6, 6.07) is 16.5. The van der Waals surface area contributed by atoms with Gasteiger partial charge in [0.05, 0.1) is 5.69 Å². The minimum atomic E-state index is 0.784. The molecule has 0 atom stereocenters. The first kappa shape index (κ1) is 13.5. The maximum Gasteiger partial charge on any atom is 0.136 e. The summed E-state index contributed by atoms with van der Waals surface area (Å²) in [5.74, 6) is 0. The fraction of sp³-hybridized carbons (Fsp3) is 0.0526. The van der Waals surface area contributed by atoms with E-state index in [4.69, 9.17) is 0 Å². The number of hydrogen-bond donors (Lipinski definition) is 1. The van der Waals surface area contributed by atoms with E-state index in [1.807, 2.05) is 47.3 Å². The number of nitrogens with zero attached hydrogens (tertiary/aromatic N) is 3. The lowest BCUT2D eigenvalue weighted by Gasteiger charge is -2.08. The fourth-order valence-electron chi connectivity index (χ4n) is 2.59. The lowest BCUT2D eigenvalue weighted by atomic mass is 10.1. The second-order valence-electron chi connectivity index (χ2n) is 5.41. The summed E-state index contributed by atoms with van der Waals surface area (Å²) in [5.41, 5.74) is 5.40. The molecule has 0 saturated carbocycles. The summed E-state index contributed by atoms with van der Waals surface area (Å²) in [6.07, 6.45) is 9.55. The number of pyridine rings is 2. The largest absolute Gasteiger partial charge is 0.380 e. The minimum absolute atomic E-state index is 0.784. The van der Waals surface area contributed by atoms with Gasteiger partial charge in [-0.2, -0.15) is 0 Å². The molecule has 23 heavy (non-hydrogen) atoms. The summed E-state index contributed by atoms with van der Waals surface area (Å²) < 4.78 is 2.01. The van der Waals surface area contributed by atoms with Gasteiger partial charge in [-0.25, -0.2) is 4.98 Å². The number of nitrogens with one attached hydrogen (secondary N) is 1. The number of aromatic nitrogens is 3. The molecule has 4 aromatic rings. The molecule has 0 aliphatic carbocycles. The van der Waals surface area contributed by atoms with Crippen LogP contribution in [0.3, 0.4) is 0 Å². The molecular formula is C19H16N4. The highest BCUT2D eigenvalue weighted by Crippen LogP contribution is 2.22. The number of anilines is 1. The zero-order valence-corrected chi connectivity index (χ0v) is 12.6. The van der Waals surface area contributed by atoms with Crippen molar-refractivity contribution in [1.29, 1.82) is 0 Å². The van der Waals surface area contributed by atoms with E-state index in [2.05, 4.69) is 45.7 Å². The van der Waals surface area contributed by atoms with Gasteiger partial charge in [-0.3, -0.25) is 4.98 Å². The monoisotopic (exact) mass is 300 g/mol. The molecular weight excluding hydrogens is 284 g/mol. The molecule has 1 aromatic carbocycles. The van der Waals surface area contributed by atoms with Crippen molar-refractivity contribution in [2.24, 2.45) is 0 Å². The lowest BCUT2D eigenvalue weighted by molar-refractivity contribution is 1.14. The Balaban J connectivity index is 1.58. The third-order valence-electron chi connectivity index (χ3n) is 3.80. The molecule has 0 amide bonds. The van der Waals surface area contributed by atoms with Crippen LogP contribution in [-0.2, 0) is 6.54 Å². The number of hydrogen-bond acceptors (Lipinski definition) is 3. The van der Waals surface area contributed by atoms with E-state index < -0.39 is 0 Å². The molecule has 0 fully saturated rings. The molecule has 4 heteroatoms. The summed E-state index contributed by atoms with van der Waals surface area (Å²) >= 11 is 0. The van der Waals surface area contributed by atoms with Crippen LogP contribution in [0.25, 0.3) is 16.8 Å². The molecule has 0 unspecified atom stereocenters. The zero-order valence-electron chi connectivity index (χ0n) is 12.6. The van der Waals surface area contributed by atoms with Crippen molar-refractivity contribution in [1.82, 2.24) is 14.4 Å². The van der Waals surface area contributed by atoms with E-state index in [1.165, 1.54) is 5.56 Å². The molecule has 1 N–H and O–H groups in total. The molecule has 0 spiro atoms. The standard InChI is InChI=1S/C19H16N4/c1-2-4-15(5-3-1)11-22-18-10-17(12-20-13-18)16-6-7-19-21-8-9-23(19)14-16/h1-10,12-14,22H,11H2. The minimum Gasteiger partial charge on any atom is -0.380 e. The van der Waals surface area contributed by atoms with E-state index in [1.54, 1.807) is 6.20 Å². The Morgan fingerprint density at radius 3 is 2.78 bits per heavy atom. The van der Waals surface area contributed by atoms with E-state index in [0.29, 0.717) is 0 Å². The molecule has 112 valence electrons. The van der Waals surface area contributed by atoms with Crippen molar-refractivity contribution in [2.75, 3.05) is 5.32 Å². The average molecular weight is 300 g/mol. The predicted molar refractivity (Wildman–Crippen MR) is 92.2 cm³/mol. The van der Waals surface area contributed by atoms with Crippen molar-refractivity contribution in [2.45, 2.75) is 6.54 Å². The highest BCUT2D eigenvalue weighted by Gasteiger charge is 2.02. The van der Waals surface area contributed by atoms with Crippen LogP contribution < -0.4 is 5.32 Å². The third-order valence-corrected chi connectivity index (χ3v) is 3.80. The van der Waals surface area contributed by atoms with E-state index in [9.17, 15) is 0 Å². The van der Waals surface area contributed by atoms with Gasteiger partial charge in [0.2, 0.25) is 0 Å². The average Bonchev–Trinajstić information content (AvgIpc) is 3.09. The van der Waals surface area contributed by atoms with Gasteiger partial charge in [-0.15, -0.1) is 0 Å². The zero-order chi connectivity index (χ0) is 15.5. The molecule has 3 aromatic heterocycles. The number of imidazole rings is 1. The number of rotatable bonds is 4.